The molecule has 2 aromatic carbocycles. The third-order valence-corrected chi connectivity index (χ3v) is 7.75. The summed E-state index contributed by atoms with van der Waals surface area (Å²) < 4.78 is 6.90. The summed E-state index contributed by atoms with van der Waals surface area (Å²) in [7, 11) is 0. The molecule has 0 saturated carbocycles. The molecule has 6 rings (SSSR count). The fraction of sp³-hybridized carbons (Fsp3) is 0.200. The van der Waals surface area contributed by atoms with E-state index in [9.17, 15) is 5.11 Å². The number of thiazole rings is 1. The van der Waals surface area contributed by atoms with Gasteiger partial charge in [-0.1, -0.05) is 52.7 Å². The molecule has 0 radical (unpaired) electrons. The van der Waals surface area contributed by atoms with Crippen LogP contribution in [0.2, 0.25) is 10.0 Å². The van der Waals surface area contributed by atoms with E-state index in [1.54, 1.807) is 18.4 Å². The number of anilines is 1. The van der Waals surface area contributed by atoms with Crippen LogP contribution in [0.25, 0.3) is 16.5 Å². The topological polar surface area (TPSA) is 70.0 Å². The molecule has 1 unspecified atom stereocenters. The maximum Gasteiger partial charge on any atom is 0.230 e. The Kier molecular flexibility index (Phi) is 5.89. The number of fused-ring (bicyclic) bond motifs is 1. The van der Waals surface area contributed by atoms with E-state index >= 15 is 0 Å². The van der Waals surface area contributed by atoms with E-state index in [1.807, 2.05) is 42.5 Å². The number of piperazine rings is 1. The molecule has 0 aliphatic carbocycles. The predicted molar refractivity (Wildman–Crippen MR) is 139 cm³/mol. The van der Waals surface area contributed by atoms with Gasteiger partial charge in [0.2, 0.25) is 16.7 Å². The molecule has 1 atom stereocenters. The summed E-state index contributed by atoms with van der Waals surface area (Å²) in [6.07, 6.45) is 1.58. The molecule has 1 fully saturated rings. The molecule has 10 heteroatoms. The van der Waals surface area contributed by atoms with E-state index in [1.165, 1.54) is 15.9 Å². The van der Waals surface area contributed by atoms with Crippen molar-refractivity contribution in [1.29, 1.82) is 0 Å². The van der Waals surface area contributed by atoms with E-state index in [0.717, 1.165) is 47.3 Å². The number of rotatable bonds is 5. The maximum atomic E-state index is 11.2. The molecule has 1 aliphatic rings. The van der Waals surface area contributed by atoms with Crippen molar-refractivity contribution in [1.82, 2.24) is 19.5 Å². The molecule has 35 heavy (non-hydrogen) atoms. The maximum absolute atomic E-state index is 11.2. The summed E-state index contributed by atoms with van der Waals surface area (Å²) in [6.45, 7) is 3.27. The second kappa shape index (κ2) is 9.20. The van der Waals surface area contributed by atoms with Gasteiger partial charge in [-0.3, -0.25) is 4.90 Å². The van der Waals surface area contributed by atoms with Gasteiger partial charge < -0.3 is 14.4 Å². The average molecular weight is 526 g/mol. The van der Waals surface area contributed by atoms with Crippen molar-refractivity contribution in [2.75, 3.05) is 31.1 Å². The minimum Gasteiger partial charge on any atom is -0.492 e. The lowest BCUT2D eigenvalue weighted by atomic mass is 10.0. The minimum absolute atomic E-state index is 0.0811. The summed E-state index contributed by atoms with van der Waals surface area (Å²) in [6, 6.07) is 19.1. The third kappa shape index (κ3) is 4.27. The standard InChI is InChI=1S/C25H21Cl2N5O2S/c26-17-5-1-4-16(14-17)21(31-11-9-30(10-12-31)19-7-2-6-18(27)15-19)22-24(33)32-25(35-22)28-23(29-32)20-8-3-13-34-20/h1-8,13-15,21,33H,9-12H2. The van der Waals surface area contributed by atoms with Crippen LogP contribution in [0, 0.1) is 0 Å². The molecule has 5 aromatic rings. The quantitative estimate of drug-likeness (QED) is 0.304. The number of benzene rings is 2. The van der Waals surface area contributed by atoms with Crippen LogP contribution in [-0.4, -0.2) is 50.8 Å². The van der Waals surface area contributed by atoms with Gasteiger partial charge in [-0.05, 0) is 48.0 Å². The van der Waals surface area contributed by atoms with Crippen LogP contribution in [0.15, 0.2) is 71.3 Å². The van der Waals surface area contributed by atoms with Crippen LogP contribution in [0.5, 0.6) is 5.88 Å². The fourth-order valence-electron chi connectivity index (χ4n) is 4.55. The molecule has 1 saturated heterocycles. The van der Waals surface area contributed by atoms with E-state index in [-0.39, 0.29) is 11.9 Å². The molecule has 0 amide bonds. The van der Waals surface area contributed by atoms with Crippen LogP contribution >= 0.6 is 34.5 Å². The lowest BCUT2D eigenvalue weighted by molar-refractivity contribution is 0.211. The number of nitrogens with zero attached hydrogens (tertiary/aromatic N) is 5. The number of aromatic nitrogens is 3. The molecular weight excluding hydrogens is 505 g/mol. The Morgan fingerprint density at radius 1 is 0.943 bits per heavy atom. The molecule has 3 aromatic heterocycles. The zero-order chi connectivity index (χ0) is 23.9. The van der Waals surface area contributed by atoms with Gasteiger partial charge in [0.05, 0.1) is 17.2 Å². The highest BCUT2D eigenvalue weighted by Gasteiger charge is 2.32. The first-order valence-electron chi connectivity index (χ1n) is 11.2. The Balaban J connectivity index is 1.34. The van der Waals surface area contributed by atoms with Gasteiger partial charge in [0.25, 0.3) is 0 Å². The van der Waals surface area contributed by atoms with Gasteiger partial charge in [-0.15, -0.1) is 5.10 Å². The molecule has 0 bridgehead atoms. The Morgan fingerprint density at radius 2 is 1.71 bits per heavy atom. The van der Waals surface area contributed by atoms with E-state index in [2.05, 4.69) is 25.9 Å². The Morgan fingerprint density at radius 3 is 2.40 bits per heavy atom. The number of hydrogen-bond acceptors (Lipinski definition) is 7. The van der Waals surface area contributed by atoms with Crippen molar-refractivity contribution in [2.45, 2.75) is 6.04 Å². The van der Waals surface area contributed by atoms with Crippen molar-refractivity contribution < 1.29 is 9.52 Å². The zero-order valence-electron chi connectivity index (χ0n) is 18.5. The van der Waals surface area contributed by atoms with Gasteiger partial charge in [-0.25, -0.2) is 0 Å². The minimum atomic E-state index is -0.184. The van der Waals surface area contributed by atoms with Gasteiger partial charge in [-0.2, -0.15) is 9.50 Å². The molecule has 1 aliphatic heterocycles. The summed E-state index contributed by atoms with van der Waals surface area (Å²) in [5, 5.41) is 17.1. The van der Waals surface area contributed by atoms with E-state index in [4.69, 9.17) is 27.6 Å². The normalized spacial score (nSPS) is 15.7. The van der Waals surface area contributed by atoms with Crippen LogP contribution in [0.1, 0.15) is 16.5 Å². The number of aromatic hydroxyl groups is 1. The predicted octanol–water partition coefficient (Wildman–Crippen LogP) is 5.97. The van der Waals surface area contributed by atoms with Gasteiger partial charge in [0.1, 0.15) is 0 Å². The molecule has 1 N–H and O–H groups in total. The fourth-order valence-corrected chi connectivity index (χ4v) is 6.05. The Bertz CT molecular complexity index is 1470. The molecule has 0 spiro atoms. The molecular formula is C25H21Cl2N5O2S. The van der Waals surface area contributed by atoms with Gasteiger partial charge in [0.15, 0.2) is 5.76 Å². The summed E-state index contributed by atoms with van der Waals surface area (Å²) >= 11 is 14.0. The molecule has 178 valence electrons. The van der Waals surface area contributed by atoms with Crippen molar-refractivity contribution in [3.63, 3.8) is 0 Å². The SMILES string of the molecule is Oc1c(C(c2cccc(Cl)c2)N2CCN(c3cccc(Cl)c3)CC2)sc2nc(-c3ccco3)nn12. The molecule has 7 nitrogen and oxygen atoms in total. The smallest absolute Gasteiger partial charge is 0.230 e. The first kappa shape index (κ1) is 22.4. The van der Waals surface area contributed by atoms with Crippen LogP contribution in [0.3, 0.4) is 0 Å². The van der Waals surface area contributed by atoms with E-state index in [0.29, 0.717) is 21.6 Å². The summed E-state index contributed by atoms with van der Waals surface area (Å²) in [5.41, 5.74) is 2.13. The highest BCUT2D eigenvalue weighted by molar-refractivity contribution is 7.17. The van der Waals surface area contributed by atoms with Gasteiger partial charge in [0, 0.05) is 41.9 Å². The number of furan rings is 1. The zero-order valence-corrected chi connectivity index (χ0v) is 20.8. The second-order valence-electron chi connectivity index (χ2n) is 8.36. The monoisotopic (exact) mass is 525 g/mol. The van der Waals surface area contributed by atoms with E-state index < -0.39 is 0 Å². The van der Waals surface area contributed by atoms with Crippen LogP contribution in [0.4, 0.5) is 5.69 Å². The first-order valence-corrected chi connectivity index (χ1v) is 12.8. The van der Waals surface area contributed by atoms with Crippen molar-refractivity contribution >= 4 is 45.2 Å². The van der Waals surface area contributed by atoms with Crippen LogP contribution in [-0.2, 0) is 0 Å². The Hall–Kier alpha value is -3.04. The second-order valence-corrected chi connectivity index (χ2v) is 10.2. The Labute approximate surface area is 215 Å². The van der Waals surface area contributed by atoms with Crippen molar-refractivity contribution in [3.8, 4) is 17.5 Å². The lowest BCUT2D eigenvalue weighted by Crippen LogP contribution is -2.47. The average Bonchev–Trinajstić information content (AvgIpc) is 3.59. The lowest BCUT2D eigenvalue weighted by Gasteiger charge is -2.40. The summed E-state index contributed by atoms with van der Waals surface area (Å²) in [4.78, 5) is 10.7. The first-order chi connectivity index (χ1) is 17.1. The highest BCUT2D eigenvalue weighted by Crippen LogP contribution is 2.41. The van der Waals surface area contributed by atoms with Crippen molar-refractivity contribution in [3.05, 3.63) is 87.4 Å². The highest BCUT2D eigenvalue weighted by atomic mass is 35.5. The third-order valence-electron chi connectivity index (χ3n) is 6.21. The van der Waals surface area contributed by atoms with Crippen molar-refractivity contribution in [2.24, 2.45) is 0 Å². The molecule has 4 heterocycles. The summed E-state index contributed by atoms with van der Waals surface area (Å²) in [5.74, 6) is 1.08. The van der Waals surface area contributed by atoms with Gasteiger partial charge >= 0.3 is 0 Å². The number of halogens is 2. The number of hydrogen-bond donors (Lipinski definition) is 1. The largest absolute Gasteiger partial charge is 0.492 e. The van der Waals surface area contributed by atoms with Crippen LogP contribution < -0.4 is 4.90 Å².